The van der Waals surface area contributed by atoms with Crippen molar-refractivity contribution in [1.82, 2.24) is 10.2 Å². The first-order valence-corrected chi connectivity index (χ1v) is 16.5. The summed E-state index contributed by atoms with van der Waals surface area (Å²) in [7, 11) is -2.77. The number of carbonyl (C=O) groups is 2. The molecule has 236 valence electrons. The number of anilines is 1. The van der Waals surface area contributed by atoms with Crippen molar-refractivity contribution in [3.63, 3.8) is 0 Å². The zero-order chi connectivity index (χ0) is 32.4. The highest BCUT2D eigenvalue weighted by Gasteiger charge is 2.35. The summed E-state index contributed by atoms with van der Waals surface area (Å²) in [5.41, 5.74) is 2.72. The molecule has 8 nitrogen and oxygen atoms in total. The molecule has 4 aromatic rings. The van der Waals surface area contributed by atoms with Gasteiger partial charge in [-0.1, -0.05) is 91.9 Å². The van der Waals surface area contributed by atoms with Gasteiger partial charge < -0.3 is 15.0 Å². The molecule has 0 saturated heterocycles. The lowest BCUT2D eigenvalue weighted by atomic mass is 10.0. The Kier molecular flexibility index (Phi) is 11.4. The minimum Gasteiger partial charge on any atom is -0.495 e. The highest BCUT2D eigenvalue weighted by Crippen LogP contribution is 2.34. The van der Waals surface area contributed by atoms with Crippen molar-refractivity contribution in [1.29, 1.82) is 0 Å². The molecule has 0 bridgehead atoms. The summed E-state index contributed by atoms with van der Waals surface area (Å²) in [6, 6.07) is 31.0. The van der Waals surface area contributed by atoms with Gasteiger partial charge in [0.2, 0.25) is 11.8 Å². The van der Waals surface area contributed by atoms with E-state index in [1.54, 1.807) is 30.3 Å². The summed E-state index contributed by atoms with van der Waals surface area (Å²) >= 11 is 0. The van der Waals surface area contributed by atoms with E-state index in [-0.39, 0.29) is 35.5 Å². The van der Waals surface area contributed by atoms with Crippen LogP contribution in [0.4, 0.5) is 5.69 Å². The van der Waals surface area contributed by atoms with Crippen LogP contribution in [0.5, 0.6) is 5.75 Å². The SMILES string of the molecule is CC[C@H](C)NC(=O)[C@H](Cc1ccccc1)N(Cc1ccccc1)C(=O)CN(c1cc(C)ccc1OC)S(=O)(=O)c1ccccc1. The van der Waals surface area contributed by atoms with Crippen LogP contribution in [0.15, 0.2) is 114 Å². The minimum atomic E-state index is -4.23. The zero-order valence-corrected chi connectivity index (χ0v) is 27.0. The van der Waals surface area contributed by atoms with E-state index in [1.165, 1.54) is 24.1 Å². The largest absolute Gasteiger partial charge is 0.495 e. The van der Waals surface area contributed by atoms with E-state index in [0.29, 0.717) is 12.2 Å². The van der Waals surface area contributed by atoms with Gasteiger partial charge in [0.05, 0.1) is 17.7 Å². The maximum atomic E-state index is 14.6. The lowest BCUT2D eigenvalue weighted by Gasteiger charge is -2.34. The number of ether oxygens (including phenoxy) is 1. The van der Waals surface area contributed by atoms with Gasteiger partial charge in [0, 0.05) is 19.0 Å². The van der Waals surface area contributed by atoms with Gasteiger partial charge in [0.25, 0.3) is 10.0 Å². The third kappa shape index (κ3) is 8.51. The summed E-state index contributed by atoms with van der Waals surface area (Å²) in [5.74, 6) is -0.525. The molecule has 0 heterocycles. The fourth-order valence-electron chi connectivity index (χ4n) is 5.00. The molecule has 1 N–H and O–H groups in total. The number of rotatable bonds is 14. The fourth-order valence-corrected chi connectivity index (χ4v) is 6.44. The summed E-state index contributed by atoms with van der Waals surface area (Å²) in [6.07, 6.45) is 0.966. The Bertz CT molecular complexity index is 1670. The first-order chi connectivity index (χ1) is 21.6. The maximum absolute atomic E-state index is 14.6. The normalized spacial score (nSPS) is 12.5. The van der Waals surface area contributed by atoms with Gasteiger partial charge in [-0.3, -0.25) is 13.9 Å². The molecular formula is C36H41N3O5S. The van der Waals surface area contributed by atoms with Crippen molar-refractivity contribution < 1.29 is 22.7 Å². The quantitative estimate of drug-likeness (QED) is 0.192. The second-order valence-corrected chi connectivity index (χ2v) is 12.9. The number of benzene rings is 4. The number of hydrogen-bond donors (Lipinski definition) is 1. The predicted molar refractivity (Wildman–Crippen MR) is 178 cm³/mol. The molecular weight excluding hydrogens is 586 g/mol. The number of amides is 2. The van der Waals surface area contributed by atoms with Crippen molar-refractivity contribution in [2.75, 3.05) is 18.0 Å². The maximum Gasteiger partial charge on any atom is 0.264 e. The smallest absolute Gasteiger partial charge is 0.264 e. The molecule has 0 aliphatic carbocycles. The Balaban J connectivity index is 1.83. The molecule has 0 aliphatic rings. The molecule has 4 aromatic carbocycles. The summed E-state index contributed by atoms with van der Waals surface area (Å²) in [6.45, 7) is 5.29. The fraction of sp³-hybridized carbons (Fsp3) is 0.278. The molecule has 0 aromatic heterocycles. The van der Waals surface area contributed by atoms with Crippen LogP contribution in [0.25, 0.3) is 0 Å². The van der Waals surface area contributed by atoms with Crippen molar-refractivity contribution in [2.24, 2.45) is 0 Å². The molecule has 0 spiro atoms. The number of hydrogen-bond acceptors (Lipinski definition) is 5. The van der Waals surface area contributed by atoms with Crippen LogP contribution >= 0.6 is 0 Å². The predicted octanol–water partition coefficient (Wildman–Crippen LogP) is 5.75. The molecule has 0 fully saturated rings. The lowest BCUT2D eigenvalue weighted by Crippen LogP contribution is -2.54. The van der Waals surface area contributed by atoms with Gasteiger partial charge in [0.1, 0.15) is 18.3 Å². The van der Waals surface area contributed by atoms with E-state index < -0.39 is 28.5 Å². The molecule has 4 rings (SSSR count). The van der Waals surface area contributed by atoms with E-state index in [1.807, 2.05) is 87.5 Å². The van der Waals surface area contributed by atoms with Gasteiger partial charge in [-0.2, -0.15) is 0 Å². The van der Waals surface area contributed by atoms with Crippen LogP contribution in [0.1, 0.15) is 37.0 Å². The van der Waals surface area contributed by atoms with Gasteiger partial charge in [0.15, 0.2) is 0 Å². The lowest BCUT2D eigenvalue weighted by molar-refractivity contribution is -0.140. The van der Waals surface area contributed by atoms with Gasteiger partial charge in [-0.05, 0) is 61.2 Å². The Morgan fingerprint density at radius 3 is 2.00 bits per heavy atom. The van der Waals surface area contributed by atoms with E-state index in [4.69, 9.17) is 4.74 Å². The second kappa shape index (κ2) is 15.4. The number of methoxy groups -OCH3 is 1. The molecule has 2 atom stereocenters. The van der Waals surface area contributed by atoms with E-state index in [9.17, 15) is 18.0 Å². The Hall–Kier alpha value is -4.63. The number of carbonyl (C=O) groups excluding carboxylic acids is 2. The van der Waals surface area contributed by atoms with Crippen LogP contribution in [0.2, 0.25) is 0 Å². The summed E-state index contributed by atoms with van der Waals surface area (Å²) in [4.78, 5) is 30.0. The molecule has 9 heteroatoms. The van der Waals surface area contributed by atoms with Crippen LogP contribution in [-0.4, -0.2) is 50.9 Å². The molecule has 0 aliphatic heterocycles. The van der Waals surface area contributed by atoms with Crippen molar-refractivity contribution in [2.45, 2.75) is 57.1 Å². The van der Waals surface area contributed by atoms with Gasteiger partial charge in [-0.25, -0.2) is 8.42 Å². The van der Waals surface area contributed by atoms with E-state index in [0.717, 1.165) is 21.0 Å². The Labute approximate surface area is 266 Å². The van der Waals surface area contributed by atoms with Crippen LogP contribution in [0.3, 0.4) is 0 Å². The topological polar surface area (TPSA) is 96.0 Å². The third-order valence-corrected chi connectivity index (χ3v) is 9.45. The number of nitrogens with one attached hydrogen (secondary N) is 1. The molecule has 0 unspecified atom stereocenters. The van der Waals surface area contributed by atoms with E-state index >= 15 is 0 Å². The second-order valence-electron chi connectivity index (χ2n) is 11.0. The standard InChI is InChI=1S/C36H41N3O5S/c1-5-28(3)37-36(41)33(24-29-15-9-6-10-16-29)38(25-30-17-11-7-12-18-30)35(40)26-39(32-23-27(2)21-22-34(32)44-4)45(42,43)31-19-13-8-14-20-31/h6-23,28,33H,5,24-26H2,1-4H3,(H,37,41)/t28-,33-/m0/s1. The van der Waals surface area contributed by atoms with Crippen LogP contribution < -0.4 is 14.4 Å². The highest BCUT2D eigenvalue weighted by atomic mass is 32.2. The molecule has 2 amide bonds. The summed E-state index contributed by atoms with van der Waals surface area (Å²) < 4.78 is 35.1. The van der Waals surface area contributed by atoms with Gasteiger partial charge in [-0.15, -0.1) is 0 Å². The van der Waals surface area contributed by atoms with Crippen LogP contribution in [-0.2, 0) is 32.6 Å². The molecule has 45 heavy (non-hydrogen) atoms. The van der Waals surface area contributed by atoms with Crippen molar-refractivity contribution in [3.8, 4) is 5.75 Å². The van der Waals surface area contributed by atoms with Crippen molar-refractivity contribution in [3.05, 3.63) is 126 Å². The third-order valence-electron chi connectivity index (χ3n) is 7.68. The first kappa shape index (κ1) is 33.3. The number of aryl methyl sites for hydroxylation is 1. The van der Waals surface area contributed by atoms with Gasteiger partial charge >= 0.3 is 0 Å². The minimum absolute atomic E-state index is 0.0336. The Morgan fingerprint density at radius 2 is 1.42 bits per heavy atom. The average molecular weight is 628 g/mol. The molecule has 0 saturated carbocycles. The Morgan fingerprint density at radius 1 is 0.844 bits per heavy atom. The van der Waals surface area contributed by atoms with Crippen molar-refractivity contribution >= 4 is 27.5 Å². The molecule has 0 radical (unpaired) electrons. The number of nitrogens with zero attached hydrogens (tertiary/aromatic N) is 2. The zero-order valence-electron chi connectivity index (χ0n) is 26.2. The highest BCUT2D eigenvalue weighted by molar-refractivity contribution is 7.92. The first-order valence-electron chi connectivity index (χ1n) is 15.0. The average Bonchev–Trinajstić information content (AvgIpc) is 3.06. The summed E-state index contributed by atoms with van der Waals surface area (Å²) in [5, 5.41) is 3.05. The number of sulfonamides is 1. The monoisotopic (exact) mass is 627 g/mol. The van der Waals surface area contributed by atoms with Crippen LogP contribution in [0, 0.1) is 6.92 Å². The van der Waals surface area contributed by atoms with E-state index in [2.05, 4.69) is 5.32 Å².